The highest BCUT2D eigenvalue weighted by Crippen LogP contribution is 2.39. The van der Waals surface area contributed by atoms with Gasteiger partial charge in [0.2, 0.25) is 5.91 Å². The minimum atomic E-state index is -0.568. The molecule has 0 aliphatic carbocycles. The Balaban J connectivity index is 1.18. The summed E-state index contributed by atoms with van der Waals surface area (Å²) in [5.74, 6) is 0.718. The van der Waals surface area contributed by atoms with Gasteiger partial charge >= 0.3 is 0 Å². The van der Waals surface area contributed by atoms with Crippen molar-refractivity contribution >= 4 is 17.7 Å². The van der Waals surface area contributed by atoms with Gasteiger partial charge < -0.3 is 25.1 Å². The molecular weight excluding hydrogens is 621 g/mol. The van der Waals surface area contributed by atoms with E-state index in [1.165, 1.54) is 88.6 Å². The van der Waals surface area contributed by atoms with E-state index in [9.17, 15) is 15.1 Å². The third-order valence-electron chi connectivity index (χ3n) is 9.07. The van der Waals surface area contributed by atoms with Crippen LogP contribution in [0.1, 0.15) is 138 Å². The Morgan fingerprint density at radius 3 is 2.04 bits per heavy atom. The fourth-order valence-corrected chi connectivity index (χ4v) is 7.04. The van der Waals surface area contributed by atoms with E-state index in [1.54, 1.807) is 6.07 Å². The summed E-state index contributed by atoms with van der Waals surface area (Å²) in [6, 6.07) is 21.3. The molecule has 2 heterocycles. The minimum Gasteiger partial charge on any atom is -0.618 e. The molecule has 48 heavy (non-hydrogen) atoms. The maximum atomic E-state index is 12.5. The SMILES string of the molecule is CCCCCCCCCCCCCCCC(=O)NCc1ccc(C2O[C@H](CSc3cccc[n+]3[O-])C[C@H](c3ccc(CO)cc3)O2)cc1. The lowest BCUT2D eigenvalue weighted by Gasteiger charge is -2.36. The van der Waals surface area contributed by atoms with Crippen LogP contribution >= 0.6 is 11.8 Å². The lowest BCUT2D eigenvalue weighted by atomic mass is 10.0. The highest BCUT2D eigenvalue weighted by Gasteiger charge is 2.32. The lowest BCUT2D eigenvalue weighted by Crippen LogP contribution is -2.32. The van der Waals surface area contributed by atoms with Crippen LogP contribution in [0, 0.1) is 5.21 Å². The Hall–Kier alpha value is -2.91. The largest absolute Gasteiger partial charge is 0.618 e. The summed E-state index contributed by atoms with van der Waals surface area (Å²) >= 11 is 1.48. The molecule has 1 aliphatic heterocycles. The number of carbonyl (C=O) groups excluding carboxylic acids is 1. The first kappa shape index (κ1) is 37.9. The highest BCUT2D eigenvalue weighted by molar-refractivity contribution is 7.99. The Bertz CT molecular complexity index is 1320. The van der Waals surface area contributed by atoms with Crippen LogP contribution < -0.4 is 10.0 Å². The molecule has 2 N–H and O–H groups in total. The quantitative estimate of drug-likeness (QED) is 0.0477. The molecule has 3 aromatic rings. The molecule has 8 heteroatoms. The normalized spacial score (nSPS) is 17.8. The van der Waals surface area contributed by atoms with Gasteiger partial charge in [0, 0.05) is 42.8 Å². The molecule has 1 amide bonds. The standard InChI is InChI=1S/C40H56N2O5S/c1-2-3-4-5-6-7-8-9-10-11-12-13-14-17-38(44)41-29-32-19-25-35(26-20-32)40-46-36(31-48-39-18-15-16-27-42(39)45)28-37(47-40)34-23-21-33(30-43)22-24-34/h15-16,18-27,36-37,40,43H,2-14,17,28-31H2,1H3,(H,41,44)/t36-,37+,40?/m0/s1. The van der Waals surface area contributed by atoms with Crippen molar-refractivity contribution < 1.29 is 24.1 Å². The molecule has 7 nitrogen and oxygen atoms in total. The van der Waals surface area contributed by atoms with Gasteiger partial charge in [-0.05, 0) is 29.2 Å². The molecule has 0 bridgehead atoms. The highest BCUT2D eigenvalue weighted by atomic mass is 32.2. The second kappa shape index (κ2) is 21.9. The fourth-order valence-electron chi connectivity index (χ4n) is 6.11. The van der Waals surface area contributed by atoms with Gasteiger partial charge in [-0.2, -0.15) is 4.73 Å². The summed E-state index contributed by atoms with van der Waals surface area (Å²) in [4.78, 5) is 12.5. The van der Waals surface area contributed by atoms with E-state index in [2.05, 4.69) is 12.2 Å². The molecule has 3 atom stereocenters. The number of thioether (sulfide) groups is 1. The molecule has 262 valence electrons. The number of aromatic nitrogens is 1. The van der Waals surface area contributed by atoms with Gasteiger partial charge in [-0.15, -0.1) is 0 Å². The summed E-state index contributed by atoms with van der Waals surface area (Å²) in [7, 11) is 0. The van der Waals surface area contributed by atoms with Gasteiger partial charge in [-0.1, -0.05) is 144 Å². The van der Waals surface area contributed by atoms with Crippen molar-refractivity contribution in [2.75, 3.05) is 5.75 Å². The second-order valence-electron chi connectivity index (χ2n) is 13.0. The Labute approximate surface area is 292 Å². The molecule has 2 aromatic carbocycles. The van der Waals surface area contributed by atoms with E-state index in [1.807, 2.05) is 60.7 Å². The van der Waals surface area contributed by atoms with Crippen LogP contribution in [0.4, 0.5) is 0 Å². The molecule has 0 saturated carbocycles. The first-order chi connectivity index (χ1) is 23.6. The van der Waals surface area contributed by atoms with Crippen molar-refractivity contribution in [1.82, 2.24) is 5.32 Å². The van der Waals surface area contributed by atoms with Crippen molar-refractivity contribution in [3.05, 3.63) is 100 Å². The fraction of sp³-hybridized carbons (Fsp3) is 0.550. The maximum Gasteiger partial charge on any atom is 0.251 e. The van der Waals surface area contributed by atoms with Crippen LogP contribution in [-0.2, 0) is 27.4 Å². The zero-order valence-corrected chi connectivity index (χ0v) is 29.6. The Morgan fingerprint density at radius 2 is 1.42 bits per heavy atom. The number of nitrogens with zero attached hydrogens (tertiary/aromatic N) is 1. The number of carbonyl (C=O) groups is 1. The van der Waals surface area contributed by atoms with Crippen molar-refractivity contribution in [2.45, 2.75) is 140 Å². The summed E-state index contributed by atoms with van der Waals surface area (Å²) in [5, 5.41) is 25.4. The predicted molar refractivity (Wildman–Crippen MR) is 193 cm³/mol. The van der Waals surface area contributed by atoms with E-state index in [4.69, 9.17) is 9.47 Å². The predicted octanol–water partition coefficient (Wildman–Crippen LogP) is 9.25. The summed E-state index contributed by atoms with van der Waals surface area (Å²) in [6.45, 7) is 2.76. The third-order valence-corrected chi connectivity index (χ3v) is 10.2. The Morgan fingerprint density at radius 1 is 0.812 bits per heavy atom. The molecule has 1 aromatic heterocycles. The van der Waals surface area contributed by atoms with Crippen molar-refractivity contribution in [2.24, 2.45) is 0 Å². The maximum absolute atomic E-state index is 12.5. The number of unbranched alkanes of at least 4 members (excludes halogenated alkanes) is 12. The molecule has 4 rings (SSSR count). The van der Waals surface area contributed by atoms with Crippen LogP contribution in [0.2, 0.25) is 0 Å². The first-order valence-corrected chi connectivity index (χ1v) is 19.2. The van der Waals surface area contributed by atoms with Crippen LogP contribution in [0.15, 0.2) is 78.0 Å². The van der Waals surface area contributed by atoms with E-state index in [0.29, 0.717) is 30.2 Å². The molecular formula is C40H56N2O5S. The molecule has 1 fully saturated rings. The number of ether oxygens (including phenoxy) is 2. The minimum absolute atomic E-state index is 0.00464. The number of amides is 1. The smallest absolute Gasteiger partial charge is 0.251 e. The summed E-state index contributed by atoms with van der Waals surface area (Å²) < 4.78 is 13.8. The summed E-state index contributed by atoms with van der Waals surface area (Å²) in [5.41, 5.74) is 3.81. The van der Waals surface area contributed by atoms with Crippen LogP contribution in [0.5, 0.6) is 0 Å². The van der Waals surface area contributed by atoms with Gasteiger partial charge in [0.25, 0.3) is 5.03 Å². The zero-order valence-electron chi connectivity index (χ0n) is 28.8. The number of hydrogen-bond donors (Lipinski definition) is 2. The van der Waals surface area contributed by atoms with Gasteiger partial charge in [-0.3, -0.25) is 4.79 Å². The molecule has 1 aliphatic rings. The lowest BCUT2D eigenvalue weighted by molar-refractivity contribution is -0.645. The number of nitrogens with one attached hydrogen (secondary N) is 1. The number of rotatable bonds is 22. The first-order valence-electron chi connectivity index (χ1n) is 18.2. The number of pyridine rings is 1. The average Bonchev–Trinajstić information content (AvgIpc) is 3.12. The van der Waals surface area contributed by atoms with Gasteiger partial charge in [0.1, 0.15) is 0 Å². The van der Waals surface area contributed by atoms with E-state index in [-0.39, 0.29) is 24.7 Å². The average molecular weight is 677 g/mol. The third kappa shape index (κ3) is 13.5. The van der Waals surface area contributed by atoms with Crippen molar-refractivity contribution in [3.8, 4) is 0 Å². The van der Waals surface area contributed by atoms with Crippen LogP contribution in [0.25, 0.3) is 0 Å². The van der Waals surface area contributed by atoms with Crippen molar-refractivity contribution in [3.63, 3.8) is 0 Å². The van der Waals surface area contributed by atoms with Crippen LogP contribution in [0.3, 0.4) is 0 Å². The summed E-state index contributed by atoms with van der Waals surface area (Å²) in [6.07, 6.45) is 18.7. The molecule has 0 spiro atoms. The van der Waals surface area contributed by atoms with E-state index < -0.39 is 6.29 Å². The van der Waals surface area contributed by atoms with Gasteiger partial charge in [0.15, 0.2) is 12.5 Å². The number of benzene rings is 2. The van der Waals surface area contributed by atoms with E-state index in [0.717, 1.165) is 39.8 Å². The van der Waals surface area contributed by atoms with Gasteiger partial charge in [-0.25, -0.2) is 0 Å². The van der Waals surface area contributed by atoms with Crippen molar-refractivity contribution in [1.29, 1.82) is 0 Å². The number of aliphatic hydroxyl groups is 1. The number of aliphatic hydroxyl groups excluding tert-OH is 1. The van der Waals surface area contributed by atoms with Crippen LogP contribution in [-0.4, -0.2) is 22.9 Å². The Kier molecular flexibility index (Phi) is 17.3. The molecule has 1 saturated heterocycles. The monoisotopic (exact) mass is 676 g/mol. The molecule has 1 unspecified atom stereocenters. The zero-order chi connectivity index (χ0) is 33.8. The number of hydrogen-bond acceptors (Lipinski definition) is 6. The topological polar surface area (TPSA) is 94.7 Å². The van der Waals surface area contributed by atoms with Gasteiger partial charge in [0.05, 0.1) is 18.8 Å². The second-order valence-corrected chi connectivity index (χ2v) is 14.1. The van der Waals surface area contributed by atoms with E-state index >= 15 is 0 Å². The molecule has 0 radical (unpaired) electrons.